The van der Waals surface area contributed by atoms with Crippen molar-refractivity contribution >= 4 is 17.9 Å². The van der Waals surface area contributed by atoms with Gasteiger partial charge in [0.25, 0.3) is 0 Å². The highest BCUT2D eigenvalue weighted by molar-refractivity contribution is 5.71. The van der Waals surface area contributed by atoms with E-state index < -0.39 is 6.10 Å². The quantitative estimate of drug-likeness (QED) is 0.0261. The molecule has 6 heteroatoms. The molecule has 0 aliphatic rings. The van der Waals surface area contributed by atoms with E-state index in [0.717, 1.165) is 83.5 Å². The van der Waals surface area contributed by atoms with Crippen LogP contribution < -0.4 is 0 Å². The van der Waals surface area contributed by atoms with Crippen molar-refractivity contribution in [3.05, 3.63) is 97.2 Å². The third-order valence-electron chi connectivity index (χ3n) is 15.0. The van der Waals surface area contributed by atoms with Gasteiger partial charge >= 0.3 is 17.9 Å². The van der Waals surface area contributed by atoms with Gasteiger partial charge in [0.1, 0.15) is 13.2 Å². The summed E-state index contributed by atoms with van der Waals surface area (Å²) in [6.07, 6.45) is 93.0. The van der Waals surface area contributed by atoms with Gasteiger partial charge in [0.2, 0.25) is 0 Å². The Balaban J connectivity index is 4.35. The van der Waals surface area contributed by atoms with Crippen molar-refractivity contribution in [3.8, 4) is 0 Å². The summed E-state index contributed by atoms with van der Waals surface area (Å²) < 4.78 is 16.9. The van der Waals surface area contributed by atoms with E-state index in [4.69, 9.17) is 14.2 Å². The van der Waals surface area contributed by atoms with Crippen molar-refractivity contribution in [3.63, 3.8) is 0 Å². The molecule has 0 spiro atoms. The van der Waals surface area contributed by atoms with Gasteiger partial charge < -0.3 is 14.2 Å². The van der Waals surface area contributed by atoms with Crippen molar-refractivity contribution in [2.45, 2.75) is 348 Å². The first-order chi connectivity index (χ1) is 40.0. The summed E-state index contributed by atoms with van der Waals surface area (Å²) in [6, 6.07) is 0. The zero-order valence-corrected chi connectivity index (χ0v) is 53.5. The molecular weight excluding hydrogens is 997 g/mol. The van der Waals surface area contributed by atoms with E-state index in [-0.39, 0.29) is 37.5 Å². The summed E-state index contributed by atoms with van der Waals surface area (Å²) in [7, 11) is 0. The van der Waals surface area contributed by atoms with E-state index in [0.29, 0.717) is 19.3 Å². The molecule has 0 heterocycles. The molecule has 1 unspecified atom stereocenters. The van der Waals surface area contributed by atoms with E-state index in [1.807, 2.05) is 0 Å². The maximum absolute atomic E-state index is 12.9. The van der Waals surface area contributed by atoms with Gasteiger partial charge in [-0.15, -0.1) is 0 Å². The van der Waals surface area contributed by atoms with Crippen LogP contribution in [-0.4, -0.2) is 37.2 Å². The molecule has 0 aromatic carbocycles. The maximum atomic E-state index is 12.9. The fourth-order valence-corrected chi connectivity index (χ4v) is 9.86. The molecule has 0 saturated carbocycles. The molecule has 81 heavy (non-hydrogen) atoms. The normalized spacial score (nSPS) is 12.7. The lowest BCUT2D eigenvalue weighted by Crippen LogP contribution is -2.30. The SMILES string of the molecule is CC/C=C\C/C=C\C/C=C\C/C=C\C/C=C\CCCC(=O)OCC(COC(=O)CCCCCCCCCCCCCCCCC/C=C\CCCCCCCCCC)OC(=O)CCCCCCCCCCC/C=C\C/C=C\CCCCC. The largest absolute Gasteiger partial charge is 0.462 e. The van der Waals surface area contributed by atoms with Gasteiger partial charge in [-0.25, -0.2) is 0 Å². The van der Waals surface area contributed by atoms with Gasteiger partial charge in [-0.05, 0) is 116 Å². The number of carbonyl (C=O) groups excluding carboxylic acids is 3. The van der Waals surface area contributed by atoms with Gasteiger partial charge in [-0.2, -0.15) is 0 Å². The lowest BCUT2D eigenvalue weighted by molar-refractivity contribution is -0.167. The Morgan fingerprint density at radius 3 is 0.840 bits per heavy atom. The molecule has 0 N–H and O–H groups in total. The second kappa shape index (κ2) is 68.8. The standard InChI is InChI=1S/C75H130O6/c1-4-7-10-13-16-19-22-25-28-31-33-34-35-36-37-38-39-40-42-44-47-50-53-56-59-62-65-68-74(77)80-71-72(70-79-73(76)67-64-61-58-55-52-49-46-43-30-27-24-21-18-15-12-9-6-3)81-75(78)69-66-63-60-57-54-51-48-45-41-32-29-26-23-20-17-14-11-8-5-2/h9,12,17-18,20-21,26-27,29-31,33,46,49,55,58,72H,4-8,10-11,13-16,19,22-25,28,32,34-45,47-48,50-54,56-57,59-71H2,1-3H3/b12-9-,20-17-,21-18-,29-26-,30-27-,33-31-,49-46-,58-55-. The summed E-state index contributed by atoms with van der Waals surface area (Å²) in [5.74, 6) is -0.946. The van der Waals surface area contributed by atoms with E-state index in [1.54, 1.807) is 0 Å². The Morgan fingerprint density at radius 2 is 0.494 bits per heavy atom. The average Bonchev–Trinajstić information content (AvgIpc) is 3.47. The number of esters is 3. The number of ether oxygens (including phenoxy) is 3. The van der Waals surface area contributed by atoms with Crippen LogP contribution in [0.25, 0.3) is 0 Å². The number of carbonyl (C=O) groups is 3. The monoisotopic (exact) mass is 1130 g/mol. The lowest BCUT2D eigenvalue weighted by Gasteiger charge is -2.18. The van der Waals surface area contributed by atoms with E-state index in [9.17, 15) is 14.4 Å². The van der Waals surface area contributed by atoms with Crippen LogP contribution in [0.2, 0.25) is 0 Å². The summed E-state index contributed by atoms with van der Waals surface area (Å²) >= 11 is 0. The molecule has 0 fully saturated rings. The Bertz CT molecular complexity index is 1580. The number of hydrogen-bond acceptors (Lipinski definition) is 6. The van der Waals surface area contributed by atoms with Crippen LogP contribution in [0, 0.1) is 0 Å². The number of rotatable bonds is 63. The molecule has 1 atom stereocenters. The topological polar surface area (TPSA) is 78.9 Å². The van der Waals surface area contributed by atoms with E-state index in [2.05, 4.69) is 118 Å². The fraction of sp³-hybridized carbons (Fsp3) is 0.747. The minimum absolute atomic E-state index is 0.0952. The smallest absolute Gasteiger partial charge is 0.306 e. The number of allylic oxidation sites excluding steroid dienone is 16. The lowest BCUT2D eigenvalue weighted by atomic mass is 10.0. The van der Waals surface area contributed by atoms with Crippen LogP contribution in [0.5, 0.6) is 0 Å². The van der Waals surface area contributed by atoms with E-state index in [1.165, 1.54) is 212 Å². The Labute approximate surface area is 502 Å². The third-order valence-corrected chi connectivity index (χ3v) is 15.0. The molecule has 0 radical (unpaired) electrons. The predicted molar refractivity (Wildman–Crippen MR) is 353 cm³/mol. The molecule has 0 amide bonds. The molecule has 0 bridgehead atoms. The second-order valence-corrected chi connectivity index (χ2v) is 23.1. The third kappa shape index (κ3) is 67.0. The molecule has 0 rings (SSSR count). The summed E-state index contributed by atoms with van der Waals surface area (Å²) in [5, 5.41) is 0. The van der Waals surface area contributed by atoms with Crippen molar-refractivity contribution in [1.29, 1.82) is 0 Å². The predicted octanol–water partition coefficient (Wildman–Crippen LogP) is 24.0. The van der Waals surface area contributed by atoms with Crippen molar-refractivity contribution in [2.75, 3.05) is 13.2 Å². The number of unbranched alkanes of at least 4 members (excludes halogenated alkanes) is 36. The molecular formula is C75H130O6. The summed E-state index contributed by atoms with van der Waals surface area (Å²) in [5.41, 5.74) is 0. The Kier molecular flexibility index (Phi) is 65.7. The highest BCUT2D eigenvalue weighted by Crippen LogP contribution is 2.17. The minimum Gasteiger partial charge on any atom is -0.462 e. The first-order valence-electron chi connectivity index (χ1n) is 34.7. The average molecular weight is 1130 g/mol. The van der Waals surface area contributed by atoms with Crippen molar-refractivity contribution in [2.24, 2.45) is 0 Å². The maximum Gasteiger partial charge on any atom is 0.306 e. The van der Waals surface area contributed by atoms with Gasteiger partial charge in [0, 0.05) is 19.3 Å². The van der Waals surface area contributed by atoms with Crippen LogP contribution in [0.1, 0.15) is 342 Å². The molecule has 466 valence electrons. The van der Waals surface area contributed by atoms with Crippen LogP contribution in [-0.2, 0) is 28.6 Å². The van der Waals surface area contributed by atoms with Gasteiger partial charge in [0.15, 0.2) is 6.10 Å². The van der Waals surface area contributed by atoms with Gasteiger partial charge in [0.05, 0.1) is 0 Å². The van der Waals surface area contributed by atoms with Crippen LogP contribution in [0.3, 0.4) is 0 Å². The zero-order valence-electron chi connectivity index (χ0n) is 53.5. The molecule has 0 aromatic heterocycles. The van der Waals surface area contributed by atoms with Gasteiger partial charge in [-0.3, -0.25) is 14.4 Å². The highest BCUT2D eigenvalue weighted by Gasteiger charge is 2.19. The zero-order chi connectivity index (χ0) is 58.5. The van der Waals surface area contributed by atoms with E-state index >= 15 is 0 Å². The van der Waals surface area contributed by atoms with Crippen LogP contribution in [0.4, 0.5) is 0 Å². The summed E-state index contributed by atoms with van der Waals surface area (Å²) in [4.78, 5) is 38.4. The Morgan fingerprint density at radius 1 is 0.259 bits per heavy atom. The van der Waals surface area contributed by atoms with Crippen LogP contribution >= 0.6 is 0 Å². The minimum atomic E-state index is -0.805. The molecule has 6 nitrogen and oxygen atoms in total. The molecule has 0 aromatic rings. The molecule has 0 aliphatic heterocycles. The summed E-state index contributed by atoms with van der Waals surface area (Å²) in [6.45, 7) is 6.49. The Hall–Kier alpha value is -3.67. The first-order valence-corrected chi connectivity index (χ1v) is 34.7. The molecule has 0 saturated heterocycles. The number of hydrogen-bond donors (Lipinski definition) is 0. The highest BCUT2D eigenvalue weighted by atomic mass is 16.6. The van der Waals surface area contributed by atoms with Crippen LogP contribution in [0.15, 0.2) is 97.2 Å². The van der Waals surface area contributed by atoms with Crippen molar-refractivity contribution in [1.82, 2.24) is 0 Å². The first kappa shape index (κ1) is 77.3. The van der Waals surface area contributed by atoms with Gasteiger partial charge in [-0.1, -0.05) is 304 Å². The fourth-order valence-electron chi connectivity index (χ4n) is 9.86. The molecule has 0 aliphatic carbocycles. The second-order valence-electron chi connectivity index (χ2n) is 23.1. The van der Waals surface area contributed by atoms with Crippen molar-refractivity contribution < 1.29 is 28.6 Å².